The van der Waals surface area contributed by atoms with Gasteiger partial charge < -0.3 is 47.1 Å². The molecule has 13 nitrogen and oxygen atoms in total. The van der Waals surface area contributed by atoms with Crippen LogP contribution in [0.3, 0.4) is 0 Å². The second kappa shape index (κ2) is 13.7. The quantitative estimate of drug-likeness (QED) is 0.126. The van der Waals surface area contributed by atoms with E-state index >= 15 is 0 Å². The first-order valence-electron chi connectivity index (χ1n) is 13.0. The number of carboxylic acid groups (broad SMARTS) is 1. The lowest BCUT2D eigenvalue weighted by Gasteiger charge is -2.26. The summed E-state index contributed by atoms with van der Waals surface area (Å²) in [6, 6.07) is 7.63. The number of aromatic nitrogens is 1. The fraction of sp³-hybridized carbons (Fsp3) is 0.357. The summed E-state index contributed by atoms with van der Waals surface area (Å²) in [7, 11) is 0. The molecule has 41 heavy (non-hydrogen) atoms. The smallest absolute Gasteiger partial charge is 0.328 e. The highest BCUT2D eigenvalue weighted by Gasteiger charge is 2.33. The minimum absolute atomic E-state index is 0.00326. The van der Waals surface area contributed by atoms with Gasteiger partial charge in [-0.05, 0) is 43.2 Å². The lowest BCUT2D eigenvalue weighted by molar-refractivity contribution is -0.145. The molecule has 0 aliphatic heterocycles. The summed E-state index contributed by atoms with van der Waals surface area (Å²) >= 11 is 0. The predicted octanol–water partition coefficient (Wildman–Crippen LogP) is -0.713. The van der Waals surface area contributed by atoms with Gasteiger partial charge in [0.25, 0.3) is 0 Å². The molecular weight excluding hydrogens is 534 g/mol. The molecule has 10 N–H and O–H groups in total. The molecule has 0 fully saturated rings. The number of hydrogen-bond donors (Lipinski definition) is 9. The van der Waals surface area contributed by atoms with Crippen LogP contribution in [-0.4, -0.2) is 85.5 Å². The number of rotatable bonds is 13. The number of benzene rings is 2. The van der Waals surface area contributed by atoms with Crippen molar-refractivity contribution in [1.82, 2.24) is 20.9 Å². The summed E-state index contributed by atoms with van der Waals surface area (Å²) in [6.45, 7) is 2.53. The summed E-state index contributed by atoms with van der Waals surface area (Å²) < 4.78 is 0. The van der Waals surface area contributed by atoms with Crippen LogP contribution < -0.4 is 21.7 Å². The van der Waals surface area contributed by atoms with Gasteiger partial charge in [0.2, 0.25) is 17.7 Å². The van der Waals surface area contributed by atoms with Crippen molar-refractivity contribution in [3.05, 3.63) is 65.9 Å². The van der Waals surface area contributed by atoms with Crippen molar-refractivity contribution in [3.63, 3.8) is 0 Å². The number of aromatic hydroxyl groups is 1. The van der Waals surface area contributed by atoms with E-state index in [0.29, 0.717) is 11.1 Å². The number of aromatic amines is 1. The Balaban J connectivity index is 1.92. The molecule has 3 aromatic rings. The molecule has 0 aliphatic carbocycles. The number of amides is 3. The van der Waals surface area contributed by atoms with Gasteiger partial charge in [-0.15, -0.1) is 0 Å². The summed E-state index contributed by atoms with van der Waals surface area (Å²) in [5.41, 5.74) is 7.75. The summed E-state index contributed by atoms with van der Waals surface area (Å²) in [5, 5.41) is 46.8. The number of aliphatic hydroxyl groups is 2. The van der Waals surface area contributed by atoms with E-state index in [-0.39, 0.29) is 18.6 Å². The summed E-state index contributed by atoms with van der Waals surface area (Å²) in [5.74, 6) is -3.93. The molecule has 0 bridgehead atoms. The minimum Gasteiger partial charge on any atom is -0.508 e. The van der Waals surface area contributed by atoms with Gasteiger partial charge in [0, 0.05) is 29.9 Å². The Morgan fingerprint density at radius 2 is 1.41 bits per heavy atom. The van der Waals surface area contributed by atoms with Crippen molar-refractivity contribution >= 4 is 34.6 Å². The Bertz CT molecular complexity index is 1370. The Morgan fingerprint density at radius 3 is 2.02 bits per heavy atom. The maximum atomic E-state index is 13.6. The molecule has 6 unspecified atom stereocenters. The van der Waals surface area contributed by atoms with Crippen LogP contribution in [0.1, 0.15) is 25.0 Å². The number of para-hydroxylation sites is 1. The van der Waals surface area contributed by atoms with Crippen LogP contribution in [0.4, 0.5) is 0 Å². The van der Waals surface area contributed by atoms with Gasteiger partial charge in [0.05, 0.1) is 12.2 Å². The Kier molecular flexibility index (Phi) is 10.4. The Morgan fingerprint density at radius 1 is 0.829 bits per heavy atom. The average molecular weight is 570 g/mol. The summed E-state index contributed by atoms with van der Waals surface area (Å²) in [4.78, 5) is 54.3. The molecule has 3 amide bonds. The molecule has 220 valence electrons. The highest BCUT2D eigenvalue weighted by atomic mass is 16.4. The molecule has 1 aromatic heterocycles. The number of H-pyrrole nitrogens is 1. The van der Waals surface area contributed by atoms with Gasteiger partial charge in [0.1, 0.15) is 23.9 Å². The lowest BCUT2D eigenvalue weighted by Crippen LogP contribution is -2.59. The molecule has 0 aliphatic rings. The van der Waals surface area contributed by atoms with Gasteiger partial charge in [-0.3, -0.25) is 14.4 Å². The SMILES string of the molecule is CC(O)C(N)C(=O)NC(Cc1ccc(O)cc1)C(=O)NC(Cc1c[nH]c2ccccc12)C(=O)NC(C(=O)O)C(C)O. The highest BCUT2D eigenvalue weighted by molar-refractivity contribution is 5.95. The zero-order valence-electron chi connectivity index (χ0n) is 22.6. The van der Waals surface area contributed by atoms with Crippen LogP contribution >= 0.6 is 0 Å². The van der Waals surface area contributed by atoms with Gasteiger partial charge in [0.15, 0.2) is 6.04 Å². The lowest BCUT2D eigenvalue weighted by atomic mass is 10.0. The highest BCUT2D eigenvalue weighted by Crippen LogP contribution is 2.20. The zero-order chi connectivity index (χ0) is 30.3. The second-order valence-electron chi connectivity index (χ2n) is 9.89. The first kappa shape index (κ1) is 31.1. The van der Waals surface area contributed by atoms with Crippen molar-refractivity contribution < 1.29 is 39.6 Å². The standard InChI is InChI=1S/C28H35N5O8/c1-14(34)23(29)27(39)32-21(11-16-7-9-18(36)10-8-16)25(37)31-22(26(38)33-24(15(2)35)28(40)41)12-17-13-30-20-6-4-3-5-19(17)20/h3-10,13-15,21-24,30,34-36H,11-12,29H2,1-2H3,(H,31,37)(H,32,39)(H,33,38)(H,40,41). The van der Waals surface area contributed by atoms with Crippen molar-refractivity contribution in [2.45, 2.75) is 63.1 Å². The van der Waals surface area contributed by atoms with Crippen molar-refractivity contribution in [2.24, 2.45) is 5.73 Å². The van der Waals surface area contributed by atoms with Crippen LogP contribution in [0, 0.1) is 0 Å². The van der Waals surface area contributed by atoms with Gasteiger partial charge in [-0.1, -0.05) is 30.3 Å². The van der Waals surface area contributed by atoms with E-state index in [1.807, 2.05) is 18.2 Å². The number of aliphatic hydroxyl groups excluding tert-OH is 2. The van der Waals surface area contributed by atoms with E-state index in [1.54, 1.807) is 24.4 Å². The van der Waals surface area contributed by atoms with Crippen LogP contribution in [-0.2, 0) is 32.0 Å². The number of phenols is 1. The molecule has 2 aromatic carbocycles. The van der Waals surface area contributed by atoms with E-state index in [2.05, 4.69) is 20.9 Å². The number of carboxylic acids is 1. The van der Waals surface area contributed by atoms with Crippen molar-refractivity contribution in [3.8, 4) is 5.75 Å². The van der Waals surface area contributed by atoms with E-state index in [9.17, 15) is 39.6 Å². The average Bonchev–Trinajstić information content (AvgIpc) is 3.33. The van der Waals surface area contributed by atoms with Crippen LogP contribution in [0.25, 0.3) is 10.9 Å². The number of nitrogens with two attached hydrogens (primary N) is 1. The maximum absolute atomic E-state index is 13.6. The molecule has 13 heteroatoms. The largest absolute Gasteiger partial charge is 0.508 e. The second-order valence-corrected chi connectivity index (χ2v) is 9.89. The Labute approximate surface area is 235 Å². The third kappa shape index (κ3) is 8.27. The van der Waals surface area contributed by atoms with Crippen molar-refractivity contribution in [2.75, 3.05) is 0 Å². The fourth-order valence-corrected chi connectivity index (χ4v) is 4.21. The number of fused-ring (bicyclic) bond motifs is 1. The number of aliphatic carboxylic acids is 1. The van der Waals surface area contributed by atoms with Gasteiger partial charge in [-0.2, -0.15) is 0 Å². The van der Waals surface area contributed by atoms with Crippen LogP contribution in [0.2, 0.25) is 0 Å². The predicted molar refractivity (Wildman–Crippen MR) is 149 cm³/mol. The molecule has 0 saturated carbocycles. The molecule has 6 atom stereocenters. The normalized spacial score (nSPS) is 15.6. The third-order valence-electron chi connectivity index (χ3n) is 6.61. The van der Waals surface area contributed by atoms with E-state index < -0.39 is 60.1 Å². The molecule has 0 saturated heterocycles. The number of hydrogen-bond acceptors (Lipinski definition) is 8. The fourth-order valence-electron chi connectivity index (χ4n) is 4.21. The van der Waals surface area contributed by atoms with E-state index in [0.717, 1.165) is 10.9 Å². The first-order valence-corrected chi connectivity index (χ1v) is 13.0. The van der Waals surface area contributed by atoms with E-state index in [4.69, 9.17) is 5.73 Å². The van der Waals surface area contributed by atoms with Gasteiger partial charge in [-0.25, -0.2) is 4.79 Å². The first-order chi connectivity index (χ1) is 19.4. The number of carbonyl (C=O) groups is 4. The van der Waals surface area contributed by atoms with Crippen LogP contribution in [0.15, 0.2) is 54.7 Å². The maximum Gasteiger partial charge on any atom is 0.328 e. The van der Waals surface area contributed by atoms with Crippen molar-refractivity contribution in [1.29, 1.82) is 0 Å². The number of carbonyl (C=O) groups excluding carboxylic acids is 3. The van der Waals surface area contributed by atoms with E-state index in [1.165, 1.54) is 26.0 Å². The zero-order valence-corrected chi connectivity index (χ0v) is 22.6. The number of phenolic OH excluding ortho intramolecular Hbond substituents is 1. The minimum atomic E-state index is -1.64. The third-order valence-corrected chi connectivity index (χ3v) is 6.61. The Hall–Kier alpha value is -4.46. The summed E-state index contributed by atoms with van der Waals surface area (Å²) in [6.07, 6.45) is -1.08. The molecule has 1 heterocycles. The molecule has 0 radical (unpaired) electrons. The monoisotopic (exact) mass is 569 g/mol. The van der Waals surface area contributed by atoms with Crippen LogP contribution in [0.5, 0.6) is 5.75 Å². The molecular formula is C28H35N5O8. The van der Waals surface area contributed by atoms with Gasteiger partial charge >= 0.3 is 5.97 Å². The number of nitrogens with one attached hydrogen (secondary N) is 4. The topological polar surface area (TPSA) is 227 Å². The molecule has 0 spiro atoms. The molecule has 3 rings (SSSR count).